The molecule has 0 fully saturated rings. The van der Waals surface area contributed by atoms with Crippen molar-refractivity contribution in [2.24, 2.45) is 5.73 Å². The molecule has 12 heteroatoms. The number of nitrogens with one attached hydrogen (secondary N) is 1. The second kappa shape index (κ2) is 7.43. The first-order valence-electron chi connectivity index (χ1n) is 7.40. The molecule has 0 atom stereocenters. The third kappa shape index (κ3) is 4.81. The van der Waals surface area contributed by atoms with Crippen molar-refractivity contribution in [1.29, 1.82) is 0 Å². The first kappa shape index (κ1) is 21.7. The van der Waals surface area contributed by atoms with Gasteiger partial charge in [-0.2, -0.15) is 26.3 Å². The van der Waals surface area contributed by atoms with Crippen LogP contribution in [-0.4, -0.2) is 14.3 Å². The van der Waals surface area contributed by atoms with E-state index < -0.39 is 49.9 Å². The van der Waals surface area contributed by atoms with E-state index in [4.69, 9.17) is 5.73 Å². The summed E-state index contributed by atoms with van der Waals surface area (Å²) in [6, 6.07) is 5.24. The lowest BCUT2D eigenvalue weighted by molar-refractivity contribution is -0.143. The number of carbonyl (C=O) groups excluding carboxylic acids is 1. The molecule has 0 aliphatic heterocycles. The fourth-order valence-corrected chi connectivity index (χ4v) is 3.26. The van der Waals surface area contributed by atoms with Crippen LogP contribution in [0.5, 0.6) is 0 Å². The van der Waals surface area contributed by atoms with Crippen molar-refractivity contribution >= 4 is 15.9 Å². The van der Waals surface area contributed by atoms with Crippen LogP contribution in [-0.2, 0) is 28.9 Å². The van der Waals surface area contributed by atoms with Crippen LogP contribution in [0.3, 0.4) is 0 Å². The van der Waals surface area contributed by atoms with Crippen molar-refractivity contribution < 1.29 is 39.6 Å². The fraction of sp³-hybridized carbons (Fsp3) is 0.188. The SMILES string of the molecule is NCc1cccc(S(=O)(=O)NC(=O)c2ccc(C(F)(F)F)cc2C(F)(F)F)c1. The Morgan fingerprint density at radius 2 is 1.61 bits per heavy atom. The Morgan fingerprint density at radius 1 is 0.964 bits per heavy atom. The van der Waals surface area contributed by atoms with Gasteiger partial charge in [0.1, 0.15) is 0 Å². The van der Waals surface area contributed by atoms with Gasteiger partial charge in [-0.3, -0.25) is 4.79 Å². The number of rotatable bonds is 4. The van der Waals surface area contributed by atoms with Gasteiger partial charge in [0.25, 0.3) is 15.9 Å². The van der Waals surface area contributed by atoms with Crippen LogP contribution in [0.15, 0.2) is 47.4 Å². The molecular formula is C16H12F6N2O3S. The molecular weight excluding hydrogens is 414 g/mol. The normalized spacial score (nSPS) is 12.7. The van der Waals surface area contributed by atoms with E-state index in [1.807, 2.05) is 0 Å². The molecule has 2 aromatic carbocycles. The predicted molar refractivity (Wildman–Crippen MR) is 85.4 cm³/mol. The summed E-state index contributed by atoms with van der Waals surface area (Å²) in [4.78, 5) is 11.7. The van der Waals surface area contributed by atoms with Gasteiger partial charge < -0.3 is 5.73 Å². The maximum Gasteiger partial charge on any atom is 0.417 e. The van der Waals surface area contributed by atoms with E-state index in [1.165, 1.54) is 16.9 Å². The van der Waals surface area contributed by atoms with Gasteiger partial charge in [0.05, 0.1) is 21.6 Å². The van der Waals surface area contributed by atoms with E-state index in [0.717, 1.165) is 12.1 Å². The molecule has 0 saturated carbocycles. The number of alkyl halides is 6. The van der Waals surface area contributed by atoms with Crippen molar-refractivity contribution in [2.45, 2.75) is 23.8 Å². The number of hydrogen-bond acceptors (Lipinski definition) is 4. The lowest BCUT2D eigenvalue weighted by Crippen LogP contribution is -2.32. The topological polar surface area (TPSA) is 89.3 Å². The highest BCUT2D eigenvalue weighted by Gasteiger charge is 2.40. The van der Waals surface area contributed by atoms with Crippen LogP contribution in [0.1, 0.15) is 27.0 Å². The lowest BCUT2D eigenvalue weighted by Gasteiger charge is -2.16. The molecule has 3 N–H and O–H groups in total. The minimum Gasteiger partial charge on any atom is -0.326 e. The van der Waals surface area contributed by atoms with Gasteiger partial charge in [-0.05, 0) is 35.9 Å². The molecule has 0 aromatic heterocycles. The van der Waals surface area contributed by atoms with Crippen LogP contribution in [0, 0.1) is 0 Å². The summed E-state index contributed by atoms with van der Waals surface area (Å²) in [6.07, 6.45) is -10.4. The molecule has 0 heterocycles. The average molecular weight is 426 g/mol. The largest absolute Gasteiger partial charge is 0.417 e. The summed E-state index contributed by atoms with van der Waals surface area (Å²) in [5.74, 6) is -1.72. The summed E-state index contributed by atoms with van der Waals surface area (Å²) in [6.45, 7) is -0.0333. The average Bonchev–Trinajstić information content (AvgIpc) is 2.59. The Kier molecular flexibility index (Phi) is 5.76. The smallest absolute Gasteiger partial charge is 0.326 e. The minimum atomic E-state index is -5.32. The summed E-state index contributed by atoms with van der Waals surface area (Å²) in [7, 11) is -4.59. The highest BCUT2D eigenvalue weighted by molar-refractivity contribution is 7.90. The predicted octanol–water partition coefficient (Wildman–Crippen LogP) is 3.30. The number of halogens is 6. The monoisotopic (exact) mass is 426 g/mol. The molecule has 28 heavy (non-hydrogen) atoms. The van der Waals surface area contributed by atoms with Crippen LogP contribution in [0.4, 0.5) is 26.3 Å². The lowest BCUT2D eigenvalue weighted by atomic mass is 10.0. The van der Waals surface area contributed by atoms with E-state index in [9.17, 15) is 39.6 Å². The fourth-order valence-electron chi connectivity index (χ4n) is 2.23. The number of nitrogens with two attached hydrogens (primary N) is 1. The molecule has 1 amide bonds. The van der Waals surface area contributed by atoms with Gasteiger partial charge in [-0.25, -0.2) is 13.1 Å². The number of hydrogen-bond donors (Lipinski definition) is 2. The van der Waals surface area contributed by atoms with Crippen molar-refractivity contribution in [1.82, 2.24) is 4.72 Å². The molecule has 0 aliphatic rings. The van der Waals surface area contributed by atoms with Crippen LogP contribution < -0.4 is 10.5 Å². The van der Waals surface area contributed by atoms with Crippen molar-refractivity contribution in [3.05, 3.63) is 64.7 Å². The van der Waals surface area contributed by atoms with Gasteiger partial charge in [0, 0.05) is 6.54 Å². The third-order valence-electron chi connectivity index (χ3n) is 3.57. The Labute approximate surface area is 155 Å². The van der Waals surface area contributed by atoms with Gasteiger partial charge in [-0.1, -0.05) is 12.1 Å². The molecule has 5 nitrogen and oxygen atoms in total. The molecule has 0 spiro atoms. The van der Waals surface area contributed by atoms with Gasteiger partial charge in [0.2, 0.25) is 0 Å². The summed E-state index contributed by atoms with van der Waals surface area (Å²) in [5, 5.41) is 0. The Bertz CT molecular complexity index is 1000. The van der Waals surface area contributed by atoms with Crippen LogP contribution in [0.2, 0.25) is 0 Å². The van der Waals surface area contributed by atoms with E-state index >= 15 is 0 Å². The first-order chi connectivity index (χ1) is 12.8. The Balaban J connectivity index is 2.46. The van der Waals surface area contributed by atoms with Gasteiger partial charge in [0.15, 0.2) is 0 Å². The minimum absolute atomic E-state index is 0.0333. The zero-order valence-corrected chi connectivity index (χ0v) is 14.5. The third-order valence-corrected chi connectivity index (χ3v) is 4.90. The molecule has 0 unspecified atom stereocenters. The van der Waals surface area contributed by atoms with E-state index in [0.29, 0.717) is 5.56 Å². The highest BCUT2D eigenvalue weighted by atomic mass is 32.2. The van der Waals surface area contributed by atoms with E-state index in [-0.39, 0.29) is 24.7 Å². The first-order valence-corrected chi connectivity index (χ1v) is 8.88. The zero-order chi connectivity index (χ0) is 21.3. The number of sulfonamides is 1. The molecule has 0 radical (unpaired) electrons. The van der Waals surface area contributed by atoms with Crippen molar-refractivity contribution in [3.63, 3.8) is 0 Å². The summed E-state index contributed by atoms with van der Waals surface area (Å²) < 4.78 is 103. The van der Waals surface area contributed by atoms with Crippen LogP contribution >= 0.6 is 0 Å². The second-order valence-electron chi connectivity index (χ2n) is 5.54. The van der Waals surface area contributed by atoms with E-state index in [1.54, 1.807) is 0 Å². The number of benzene rings is 2. The Hall–Kier alpha value is -2.60. The summed E-state index contributed by atoms with van der Waals surface area (Å²) >= 11 is 0. The molecule has 0 bridgehead atoms. The molecule has 152 valence electrons. The van der Waals surface area contributed by atoms with Gasteiger partial charge >= 0.3 is 12.4 Å². The highest BCUT2D eigenvalue weighted by Crippen LogP contribution is 2.37. The van der Waals surface area contributed by atoms with Crippen molar-refractivity contribution in [2.75, 3.05) is 0 Å². The van der Waals surface area contributed by atoms with Crippen LogP contribution in [0.25, 0.3) is 0 Å². The standard InChI is InChI=1S/C16H12F6N2O3S/c17-15(18,19)10-4-5-12(13(7-10)16(20,21)22)14(25)24-28(26,27)11-3-1-2-9(6-11)8-23/h1-7H,8,23H2,(H,24,25). The van der Waals surface area contributed by atoms with Gasteiger partial charge in [-0.15, -0.1) is 0 Å². The number of amides is 1. The van der Waals surface area contributed by atoms with Crippen molar-refractivity contribution in [3.8, 4) is 0 Å². The van der Waals surface area contributed by atoms with E-state index in [2.05, 4.69) is 0 Å². The molecule has 2 rings (SSSR count). The maximum atomic E-state index is 13.1. The second-order valence-corrected chi connectivity index (χ2v) is 7.22. The summed E-state index contributed by atoms with van der Waals surface area (Å²) in [5.41, 5.74) is 0.942. The molecule has 2 aromatic rings. The quantitative estimate of drug-likeness (QED) is 0.735. The molecule has 0 aliphatic carbocycles. The molecule has 0 saturated heterocycles. The number of carbonyl (C=O) groups is 1. The zero-order valence-electron chi connectivity index (χ0n) is 13.7. The Morgan fingerprint density at radius 3 is 2.14 bits per heavy atom. The maximum absolute atomic E-state index is 13.1.